The van der Waals surface area contributed by atoms with E-state index in [4.69, 9.17) is 0 Å². The number of para-hydroxylation sites is 1. The molecule has 6 nitrogen and oxygen atoms in total. The Morgan fingerprint density at radius 3 is 2.46 bits per heavy atom. The second-order valence-electron chi connectivity index (χ2n) is 5.72. The molecule has 0 bridgehead atoms. The average molecular weight is 454 g/mol. The van der Waals surface area contributed by atoms with Crippen molar-refractivity contribution in [1.29, 1.82) is 0 Å². The van der Waals surface area contributed by atoms with Gasteiger partial charge in [0.25, 0.3) is 5.91 Å². The lowest BCUT2D eigenvalue weighted by molar-refractivity contribution is -0.138. The maximum Gasteiger partial charge on any atom is 0.416 e. The molecule has 0 saturated carbocycles. The SMILES string of the molecule is O=C1NC(=O)N(c2cccc(C(F)(F)F)c2)C(=O)[C@@H]1C=Nc1ccccc1Br. The predicted molar refractivity (Wildman–Crippen MR) is 98.3 cm³/mol. The number of nitrogens with zero attached hydrogens (tertiary/aromatic N) is 2. The molecule has 1 fully saturated rings. The Labute approximate surface area is 165 Å². The summed E-state index contributed by atoms with van der Waals surface area (Å²) in [6.45, 7) is 0. The van der Waals surface area contributed by atoms with E-state index in [1.807, 2.05) is 5.32 Å². The highest BCUT2D eigenvalue weighted by Crippen LogP contribution is 2.32. The lowest BCUT2D eigenvalue weighted by Crippen LogP contribution is -2.58. The third-order valence-corrected chi connectivity index (χ3v) is 4.52. The van der Waals surface area contributed by atoms with Gasteiger partial charge in [-0.1, -0.05) is 18.2 Å². The molecule has 1 N–H and O–H groups in total. The minimum atomic E-state index is -4.65. The van der Waals surface area contributed by atoms with Gasteiger partial charge in [0.1, 0.15) is 0 Å². The summed E-state index contributed by atoms with van der Waals surface area (Å²) in [5, 5.41) is 1.96. The second kappa shape index (κ2) is 7.55. The number of aliphatic imine (C=N–C) groups is 1. The van der Waals surface area contributed by atoms with Crippen molar-refractivity contribution in [3.8, 4) is 0 Å². The number of carbonyl (C=O) groups excluding carboxylic acids is 3. The number of urea groups is 1. The van der Waals surface area contributed by atoms with Gasteiger partial charge in [0, 0.05) is 10.7 Å². The minimum Gasteiger partial charge on any atom is -0.276 e. The second-order valence-corrected chi connectivity index (χ2v) is 6.58. The lowest BCUT2D eigenvalue weighted by Gasteiger charge is -2.28. The molecule has 1 aliphatic heterocycles. The molecule has 2 aromatic carbocycles. The van der Waals surface area contributed by atoms with Crippen molar-refractivity contribution < 1.29 is 27.6 Å². The van der Waals surface area contributed by atoms with Gasteiger partial charge in [-0.05, 0) is 46.3 Å². The number of halogens is 4. The highest BCUT2D eigenvalue weighted by Gasteiger charge is 2.41. The number of imide groups is 2. The van der Waals surface area contributed by atoms with E-state index in [0.717, 1.165) is 18.3 Å². The Balaban J connectivity index is 1.94. The summed E-state index contributed by atoms with van der Waals surface area (Å²) < 4.78 is 39.4. The van der Waals surface area contributed by atoms with Crippen LogP contribution in [0.2, 0.25) is 0 Å². The van der Waals surface area contributed by atoms with Crippen LogP contribution in [0.25, 0.3) is 0 Å². The number of rotatable bonds is 3. The molecule has 4 amide bonds. The van der Waals surface area contributed by atoms with Crippen LogP contribution in [0.4, 0.5) is 29.3 Å². The summed E-state index contributed by atoms with van der Waals surface area (Å²) in [5.74, 6) is -3.38. The Kier molecular flexibility index (Phi) is 5.32. The quantitative estimate of drug-likeness (QED) is 0.561. The Morgan fingerprint density at radius 1 is 1.07 bits per heavy atom. The lowest BCUT2D eigenvalue weighted by atomic mass is 10.1. The van der Waals surface area contributed by atoms with Gasteiger partial charge >= 0.3 is 12.2 Å². The highest BCUT2D eigenvalue weighted by molar-refractivity contribution is 9.10. The molecule has 1 aliphatic rings. The maximum absolute atomic E-state index is 12.9. The summed E-state index contributed by atoms with van der Waals surface area (Å²) >= 11 is 3.27. The van der Waals surface area contributed by atoms with Crippen molar-refractivity contribution in [2.75, 3.05) is 4.90 Å². The van der Waals surface area contributed by atoms with Crippen molar-refractivity contribution in [1.82, 2.24) is 5.32 Å². The largest absolute Gasteiger partial charge is 0.416 e. The molecular formula is C18H11BrF3N3O3. The first-order valence-corrected chi connectivity index (χ1v) is 8.62. The summed E-state index contributed by atoms with van der Waals surface area (Å²) in [4.78, 5) is 41.4. The summed E-state index contributed by atoms with van der Waals surface area (Å²) in [5.41, 5.74) is -0.893. The van der Waals surface area contributed by atoms with E-state index in [1.165, 1.54) is 6.07 Å². The topological polar surface area (TPSA) is 78.8 Å². The van der Waals surface area contributed by atoms with Crippen LogP contribution in [0.1, 0.15) is 5.56 Å². The van der Waals surface area contributed by atoms with Crippen molar-refractivity contribution in [3.63, 3.8) is 0 Å². The normalized spacial score (nSPS) is 17.9. The molecule has 0 aliphatic carbocycles. The van der Waals surface area contributed by atoms with E-state index < -0.39 is 35.5 Å². The van der Waals surface area contributed by atoms with Crippen LogP contribution in [-0.4, -0.2) is 24.1 Å². The fourth-order valence-electron chi connectivity index (χ4n) is 2.50. The molecule has 2 aromatic rings. The number of hydrogen-bond donors (Lipinski definition) is 1. The molecule has 1 saturated heterocycles. The summed E-state index contributed by atoms with van der Waals surface area (Å²) in [6, 6.07) is 9.36. The van der Waals surface area contributed by atoms with Gasteiger partial charge in [0.05, 0.1) is 16.9 Å². The summed E-state index contributed by atoms with van der Waals surface area (Å²) in [7, 11) is 0. The van der Waals surface area contributed by atoms with Gasteiger partial charge in [-0.15, -0.1) is 0 Å². The van der Waals surface area contributed by atoms with Crippen LogP contribution in [0, 0.1) is 5.92 Å². The van der Waals surface area contributed by atoms with E-state index in [-0.39, 0.29) is 5.69 Å². The Morgan fingerprint density at radius 2 is 1.79 bits per heavy atom. The number of hydrogen-bond acceptors (Lipinski definition) is 4. The van der Waals surface area contributed by atoms with Crippen molar-refractivity contribution in [2.24, 2.45) is 10.9 Å². The van der Waals surface area contributed by atoms with Crippen LogP contribution in [0.15, 0.2) is 58.0 Å². The molecule has 0 aromatic heterocycles. The molecule has 10 heteroatoms. The highest BCUT2D eigenvalue weighted by atomic mass is 79.9. The molecule has 3 rings (SSSR count). The van der Waals surface area contributed by atoms with E-state index in [9.17, 15) is 27.6 Å². The molecule has 144 valence electrons. The van der Waals surface area contributed by atoms with Gasteiger partial charge in [-0.2, -0.15) is 13.2 Å². The molecule has 0 spiro atoms. The van der Waals surface area contributed by atoms with Crippen molar-refractivity contribution >= 4 is 51.4 Å². The smallest absolute Gasteiger partial charge is 0.276 e. The van der Waals surface area contributed by atoms with Crippen LogP contribution in [0.3, 0.4) is 0 Å². The van der Waals surface area contributed by atoms with E-state index >= 15 is 0 Å². The number of carbonyl (C=O) groups is 3. The first kappa shape index (κ1) is 19.7. The van der Waals surface area contributed by atoms with E-state index in [1.54, 1.807) is 24.3 Å². The first-order chi connectivity index (χ1) is 13.2. The van der Waals surface area contributed by atoms with Gasteiger partial charge in [-0.25, -0.2) is 9.69 Å². The van der Waals surface area contributed by atoms with Crippen LogP contribution in [-0.2, 0) is 15.8 Å². The average Bonchev–Trinajstić information content (AvgIpc) is 2.62. The molecule has 0 radical (unpaired) electrons. The Hall–Kier alpha value is -3.01. The summed E-state index contributed by atoms with van der Waals surface area (Å²) in [6.07, 6.45) is -3.60. The fraction of sp³-hybridized carbons (Fsp3) is 0.111. The van der Waals surface area contributed by atoms with E-state index in [2.05, 4.69) is 20.9 Å². The fourth-order valence-corrected chi connectivity index (χ4v) is 2.89. The number of barbiturate groups is 1. The molecule has 1 heterocycles. The van der Waals surface area contributed by atoms with Crippen LogP contribution >= 0.6 is 15.9 Å². The van der Waals surface area contributed by atoms with Gasteiger partial charge < -0.3 is 0 Å². The van der Waals surface area contributed by atoms with E-state index in [0.29, 0.717) is 21.1 Å². The standard InChI is InChI=1S/C18H11BrF3N3O3/c19-13-6-1-2-7-14(13)23-9-12-15(26)24-17(28)25(16(12)27)11-5-3-4-10(8-11)18(20,21)22/h1-9,12H,(H,24,26,28)/t12-/m1/s1. The molecule has 28 heavy (non-hydrogen) atoms. The van der Waals surface area contributed by atoms with Gasteiger partial charge in [-0.3, -0.25) is 19.9 Å². The maximum atomic E-state index is 12.9. The molecule has 1 atom stereocenters. The zero-order valence-electron chi connectivity index (χ0n) is 13.9. The Bertz CT molecular complexity index is 991. The van der Waals surface area contributed by atoms with Gasteiger partial charge in [0.2, 0.25) is 5.91 Å². The third kappa shape index (κ3) is 3.96. The number of amides is 4. The molecular weight excluding hydrogens is 443 g/mol. The first-order valence-electron chi connectivity index (χ1n) is 7.83. The third-order valence-electron chi connectivity index (χ3n) is 3.85. The number of benzene rings is 2. The van der Waals surface area contributed by atoms with Crippen molar-refractivity contribution in [3.05, 3.63) is 58.6 Å². The number of alkyl halides is 3. The monoisotopic (exact) mass is 453 g/mol. The van der Waals surface area contributed by atoms with Crippen LogP contribution in [0.5, 0.6) is 0 Å². The van der Waals surface area contributed by atoms with Crippen molar-refractivity contribution in [2.45, 2.75) is 6.18 Å². The number of nitrogens with one attached hydrogen (secondary N) is 1. The zero-order chi connectivity index (χ0) is 20.5. The molecule has 0 unspecified atom stereocenters. The zero-order valence-corrected chi connectivity index (χ0v) is 15.5. The van der Waals surface area contributed by atoms with Gasteiger partial charge in [0.15, 0.2) is 5.92 Å². The van der Waals surface area contributed by atoms with Crippen LogP contribution < -0.4 is 10.2 Å². The number of anilines is 1. The minimum absolute atomic E-state index is 0.302. The predicted octanol–water partition coefficient (Wildman–Crippen LogP) is 4.07.